The maximum absolute atomic E-state index is 16.2. The van der Waals surface area contributed by atoms with Crippen molar-refractivity contribution in [3.63, 3.8) is 0 Å². The van der Waals surface area contributed by atoms with Crippen LogP contribution in [0.5, 0.6) is 0 Å². The highest BCUT2D eigenvalue weighted by atomic mass is 35.5. The third-order valence-corrected chi connectivity index (χ3v) is 14.1. The summed E-state index contributed by atoms with van der Waals surface area (Å²) in [4.78, 5) is 81.1. The number of piperidine rings is 1. The van der Waals surface area contributed by atoms with Crippen LogP contribution in [-0.4, -0.2) is 64.9 Å². The Morgan fingerprint density at radius 3 is 2.48 bits per heavy atom. The first kappa shape index (κ1) is 44.5. The van der Waals surface area contributed by atoms with E-state index in [0.717, 1.165) is 11.1 Å². The summed E-state index contributed by atoms with van der Waals surface area (Å²) in [6.07, 6.45) is 5.03. The number of amides is 5. The molecule has 0 aromatic heterocycles. The fraction of sp³-hybridized carbons (Fsp3) is 0.469. The van der Waals surface area contributed by atoms with Crippen LogP contribution in [0, 0.1) is 34.9 Å². The van der Waals surface area contributed by atoms with Crippen molar-refractivity contribution in [2.24, 2.45) is 17.3 Å². The molecule has 1 spiro atoms. The monoisotopic (exact) mass is 895 g/mol. The molecule has 63 heavy (non-hydrogen) atoms. The highest BCUT2D eigenvalue weighted by Gasteiger charge is 2.66. The summed E-state index contributed by atoms with van der Waals surface area (Å²) in [6, 6.07) is 13.3. The predicted octanol–water partition coefficient (Wildman–Crippen LogP) is 7.36. The lowest BCUT2D eigenvalue weighted by Gasteiger charge is -2.38. The van der Waals surface area contributed by atoms with Gasteiger partial charge in [-0.15, -0.1) is 0 Å². The van der Waals surface area contributed by atoms with Crippen molar-refractivity contribution in [2.75, 3.05) is 11.9 Å². The number of fused-ring (bicyclic) bond motifs is 3. The quantitative estimate of drug-likeness (QED) is 0.0943. The normalized spacial score (nSPS) is 26.5. The minimum atomic E-state index is -1.32. The Balaban J connectivity index is 0.875. The molecule has 3 fully saturated rings. The molecule has 3 aromatic rings. The summed E-state index contributed by atoms with van der Waals surface area (Å²) in [5.41, 5.74) is 1.87. The van der Waals surface area contributed by atoms with Gasteiger partial charge >= 0.3 is 0 Å². The first-order valence-electron chi connectivity index (χ1n) is 21.9. The molecule has 1 aliphatic carbocycles. The third kappa shape index (κ3) is 8.64. The molecule has 1 unspecified atom stereocenters. The van der Waals surface area contributed by atoms with E-state index in [1.807, 2.05) is 12.1 Å². The largest absolute Gasteiger partial charge is 0.356 e. The van der Waals surface area contributed by atoms with Gasteiger partial charge in [0.15, 0.2) is 5.78 Å². The van der Waals surface area contributed by atoms with Crippen molar-refractivity contribution in [1.29, 1.82) is 0 Å². The van der Waals surface area contributed by atoms with Crippen molar-refractivity contribution >= 4 is 64.2 Å². The Morgan fingerprint density at radius 2 is 1.73 bits per heavy atom. The van der Waals surface area contributed by atoms with Crippen LogP contribution < -0.4 is 21.3 Å². The van der Waals surface area contributed by atoms with Gasteiger partial charge in [-0.1, -0.05) is 80.1 Å². The highest BCUT2D eigenvalue weighted by molar-refractivity contribution is 6.31. The molecule has 0 radical (unpaired) electrons. The topological polar surface area (TPSA) is 154 Å². The van der Waals surface area contributed by atoms with Crippen molar-refractivity contribution in [2.45, 2.75) is 121 Å². The van der Waals surface area contributed by atoms with E-state index in [-0.39, 0.29) is 76.6 Å². The second-order valence-electron chi connectivity index (χ2n) is 18.9. The molecule has 8 rings (SSSR count). The van der Waals surface area contributed by atoms with Crippen LogP contribution >= 0.6 is 23.2 Å². The molecule has 11 nitrogen and oxygen atoms in total. The second kappa shape index (κ2) is 17.8. The predicted molar refractivity (Wildman–Crippen MR) is 237 cm³/mol. The van der Waals surface area contributed by atoms with Gasteiger partial charge < -0.3 is 20.9 Å². The van der Waals surface area contributed by atoms with Gasteiger partial charge in [0.05, 0.1) is 11.1 Å². The first-order valence-corrected chi connectivity index (χ1v) is 22.7. The number of carbonyl (C=O) groups is 6. The average Bonchev–Trinajstić information content (AvgIpc) is 3.85. The number of nitrogens with zero attached hydrogens (tertiary/aromatic N) is 1. The van der Waals surface area contributed by atoms with Crippen molar-refractivity contribution in [1.82, 2.24) is 20.9 Å². The zero-order valence-electron chi connectivity index (χ0n) is 35.7. The van der Waals surface area contributed by atoms with Crippen LogP contribution in [-0.2, 0) is 35.9 Å². The van der Waals surface area contributed by atoms with Gasteiger partial charge in [-0.25, -0.2) is 4.39 Å². The van der Waals surface area contributed by atoms with Gasteiger partial charge in [0.2, 0.25) is 23.6 Å². The highest BCUT2D eigenvalue weighted by Crippen LogP contribution is 2.57. The minimum Gasteiger partial charge on any atom is -0.356 e. The van der Waals surface area contributed by atoms with Crippen LogP contribution in [0.2, 0.25) is 10.0 Å². The van der Waals surface area contributed by atoms with Gasteiger partial charge in [-0.2, -0.15) is 0 Å². The number of hydrogen-bond donors (Lipinski definition) is 4. The van der Waals surface area contributed by atoms with Crippen molar-refractivity contribution in [3.05, 3.63) is 98.3 Å². The summed E-state index contributed by atoms with van der Waals surface area (Å²) < 4.78 is 16.2. The average molecular weight is 897 g/mol. The number of nitrogens with one attached hydrogen (secondary N) is 4. The molecule has 3 aromatic carbocycles. The number of carbonyl (C=O) groups excluding carboxylic acids is 6. The number of ketones is 1. The van der Waals surface area contributed by atoms with Gasteiger partial charge in [0.25, 0.3) is 5.91 Å². The molecule has 14 heteroatoms. The molecule has 5 aliphatic rings. The van der Waals surface area contributed by atoms with E-state index in [9.17, 15) is 28.8 Å². The smallest absolute Gasteiger partial charge is 0.255 e. The van der Waals surface area contributed by atoms with Crippen LogP contribution in [0.1, 0.15) is 124 Å². The summed E-state index contributed by atoms with van der Waals surface area (Å²) in [7, 11) is 0. The fourth-order valence-electron chi connectivity index (χ4n) is 10.6. The number of imide groups is 1. The van der Waals surface area contributed by atoms with E-state index in [4.69, 9.17) is 23.2 Å². The Bertz CT molecular complexity index is 2450. The Hall–Kier alpha value is -5.09. The van der Waals surface area contributed by atoms with E-state index < -0.39 is 41.2 Å². The molecule has 5 amide bonds. The summed E-state index contributed by atoms with van der Waals surface area (Å²) in [6.45, 7) is 6.94. The van der Waals surface area contributed by atoms with Gasteiger partial charge in [-0.05, 0) is 103 Å². The van der Waals surface area contributed by atoms with Gasteiger partial charge in [0, 0.05) is 72.1 Å². The molecule has 2 saturated heterocycles. The fourth-order valence-corrected chi connectivity index (χ4v) is 11.0. The summed E-state index contributed by atoms with van der Waals surface area (Å²) in [5.74, 6) is 3.19. The van der Waals surface area contributed by atoms with E-state index in [1.54, 1.807) is 36.4 Å². The van der Waals surface area contributed by atoms with Gasteiger partial charge in [0.1, 0.15) is 17.3 Å². The number of rotatable bonds is 10. The zero-order valence-corrected chi connectivity index (χ0v) is 37.2. The van der Waals surface area contributed by atoms with Gasteiger partial charge in [-0.3, -0.25) is 34.1 Å². The lowest BCUT2D eigenvalue weighted by molar-refractivity contribution is -0.137. The Morgan fingerprint density at radius 1 is 0.968 bits per heavy atom. The number of benzene rings is 3. The molecular weight excluding hydrogens is 844 g/mol. The maximum atomic E-state index is 16.2. The molecule has 1 saturated carbocycles. The molecule has 4 N–H and O–H groups in total. The van der Waals surface area contributed by atoms with Crippen LogP contribution in [0.15, 0.2) is 54.6 Å². The number of halogens is 3. The number of anilines is 1. The molecule has 4 heterocycles. The molecule has 0 bridgehead atoms. The van der Waals surface area contributed by atoms with Crippen molar-refractivity contribution < 1.29 is 33.2 Å². The number of Topliss-reactive ketones (excluding diaryl/α,β-unsaturated/α-hetero) is 1. The van der Waals surface area contributed by atoms with Crippen LogP contribution in [0.25, 0.3) is 0 Å². The van der Waals surface area contributed by atoms with E-state index in [2.05, 4.69) is 53.9 Å². The molecular formula is C49H52Cl2FN5O6. The standard InChI is InChI=1S/C49H52Cl2FN5O6/c1-48(2,3)25-39-49(34-19-18-30(50)24-36(34)54-47(49)63)41(32-12-8-13-35(51)42(32)52)43(55-39)38(58)23-27-14-16-29(17-15-27)44(60)53-22-6-4-5-9-28-10-7-11-31-33(28)26-57(46(31)62)37-20-21-40(59)56-45(37)61/h7-8,10-13,18-19,24,27,29,37,39,41,43,55H,4,6,14-17,20-23,25-26H2,1-3H3,(H,53,60)(H,54,63)(H,56,59,61)/t27?,29?,37?,39-,41-,43-,49+/m0/s1. The maximum Gasteiger partial charge on any atom is 0.255 e. The van der Waals surface area contributed by atoms with Crippen LogP contribution in [0.3, 0.4) is 0 Å². The Kier molecular flexibility index (Phi) is 12.6. The lowest BCUT2D eigenvalue weighted by Crippen LogP contribution is -2.52. The summed E-state index contributed by atoms with van der Waals surface area (Å²) >= 11 is 12.8. The molecule has 5 atom stereocenters. The number of hydrogen-bond acceptors (Lipinski definition) is 7. The van der Waals surface area contributed by atoms with Crippen molar-refractivity contribution in [3.8, 4) is 11.8 Å². The number of unbranched alkanes of at least 4 members (excludes halogenated alkanes) is 1. The zero-order chi connectivity index (χ0) is 44.8. The third-order valence-electron chi connectivity index (χ3n) is 13.6. The SMILES string of the molecule is CC(C)(C)C[C@@H]1N[C@@H](C(=O)CC2CCC(C(=O)NCCCC#Cc3cccc4c3CN(C3CCC(=O)NC3=O)C4=O)CC2)[C@H](c2cccc(Cl)c2F)[C@]12C(=O)Nc1cc(Cl)ccc12. The van der Waals surface area contributed by atoms with E-state index in [0.29, 0.717) is 79.7 Å². The first-order chi connectivity index (χ1) is 30.1. The molecule has 4 aliphatic heterocycles. The van der Waals surface area contributed by atoms with Crippen LogP contribution in [0.4, 0.5) is 10.1 Å². The minimum absolute atomic E-state index is 0.0207. The van der Waals surface area contributed by atoms with E-state index in [1.165, 1.54) is 11.0 Å². The second-order valence-corrected chi connectivity index (χ2v) is 19.8. The van der Waals surface area contributed by atoms with E-state index >= 15 is 4.39 Å². The Labute approximate surface area is 377 Å². The summed E-state index contributed by atoms with van der Waals surface area (Å²) in [5, 5.41) is 12.4. The molecule has 330 valence electrons. The lowest BCUT2D eigenvalue weighted by atomic mass is 9.62.